The molecule has 0 bridgehead atoms. The highest BCUT2D eigenvalue weighted by Gasteiger charge is 2.16. The van der Waals surface area contributed by atoms with Gasteiger partial charge >= 0.3 is 0 Å². The van der Waals surface area contributed by atoms with E-state index in [1.807, 2.05) is 23.0 Å². The molecule has 2 aromatic rings. The number of nitrogens with one attached hydrogen (secondary N) is 1. The summed E-state index contributed by atoms with van der Waals surface area (Å²) in [5, 5.41) is 11.6. The molecule has 2 aromatic heterocycles. The monoisotopic (exact) mass is 290 g/mol. The number of aryl methyl sites for hydroxylation is 3. The molecule has 1 unspecified atom stereocenters. The third-order valence-electron chi connectivity index (χ3n) is 4.05. The molecule has 0 aromatic carbocycles. The zero-order chi connectivity index (χ0) is 13.9. The second kappa shape index (κ2) is 6.06. The van der Waals surface area contributed by atoms with E-state index in [1.165, 1.54) is 30.6 Å². The Morgan fingerprint density at radius 2 is 2.25 bits per heavy atom. The molecule has 1 N–H and O–H groups in total. The van der Waals surface area contributed by atoms with Crippen molar-refractivity contribution in [1.29, 1.82) is 0 Å². The van der Waals surface area contributed by atoms with Crippen molar-refractivity contribution in [2.45, 2.75) is 45.1 Å². The molecule has 20 heavy (non-hydrogen) atoms. The first-order valence-corrected chi connectivity index (χ1v) is 8.23. The largest absolute Gasteiger partial charge is 0.321 e. The number of nitrogens with zero attached hydrogens (tertiary/aromatic N) is 3. The van der Waals surface area contributed by atoms with Gasteiger partial charge in [0, 0.05) is 35.8 Å². The number of aromatic nitrogens is 3. The van der Waals surface area contributed by atoms with Gasteiger partial charge in [-0.15, -0.1) is 21.5 Å². The topological polar surface area (TPSA) is 42.7 Å². The maximum absolute atomic E-state index is 4.11. The molecule has 5 heteroatoms. The molecule has 0 aliphatic heterocycles. The predicted octanol–water partition coefficient (Wildman–Crippen LogP) is 2.65. The van der Waals surface area contributed by atoms with Crippen molar-refractivity contribution in [1.82, 2.24) is 20.1 Å². The highest BCUT2D eigenvalue weighted by atomic mass is 32.1. The summed E-state index contributed by atoms with van der Waals surface area (Å²) in [5.41, 5.74) is 1.60. The van der Waals surface area contributed by atoms with E-state index >= 15 is 0 Å². The maximum Gasteiger partial charge on any atom is 0.133 e. The van der Waals surface area contributed by atoms with E-state index in [9.17, 15) is 0 Å². The van der Waals surface area contributed by atoms with Gasteiger partial charge < -0.3 is 9.88 Å². The van der Waals surface area contributed by atoms with Crippen molar-refractivity contribution < 1.29 is 0 Å². The van der Waals surface area contributed by atoms with E-state index in [-0.39, 0.29) is 0 Å². The van der Waals surface area contributed by atoms with Gasteiger partial charge in [-0.25, -0.2) is 0 Å². The first-order valence-electron chi connectivity index (χ1n) is 7.42. The molecule has 4 nitrogen and oxygen atoms in total. The lowest BCUT2D eigenvalue weighted by molar-refractivity contribution is 0.571. The highest BCUT2D eigenvalue weighted by molar-refractivity contribution is 7.12. The van der Waals surface area contributed by atoms with Crippen LogP contribution in [0, 0.1) is 0 Å². The van der Waals surface area contributed by atoms with Crippen LogP contribution in [-0.2, 0) is 26.3 Å². The van der Waals surface area contributed by atoms with Gasteiger partial charge in [0.15, 0.2) is 0 Å². The third-order valence-corrected chi connectivity index (χ3v) is 5.47. The Hall–Kier alpha value is -1.20. The molecule has 3 rings (SSSR count). The van der Waals surface area contributed by atoms with Crippen LogP contribution in [0.25, 0.3) is 0 Å². The van der Waals surface area contributed by atoms with Gasteiger partial charge in [0.2, 0.25) is 0 Å². The predicted molar refractivity (Wildman–Crippen MR) is 82.1 cm³/mol. The molecule has 1 aliphatic carbocycles. The Bertz CT molecular complexity index is 549. The zero-order valence-corrected chi connectivity index (χ0v) is 13.0. The lowest BCUT2D eigenvalue weighted by atomic mass is 9.99. The van der Waals surface area contributed by atoms with Crippen LogP contribution >= 0.6 is 11.3 Å². The molecule has 0 fully saturated rings. The van der Waals surface area contributed by atoms with Crippen LogP contribution in [0.4, 0.5) is 0 Å². The molecular weight excluding hydrogens is 268 g/mol. The first kappa shape index (κ1) is 13.8. The van der Waals surface area contributed by atoms with Crippen molar-refractivity contribution in [3.05, 3.63) is 33.5 Å². The summed E-state index contributed by atoms with van der Waals surface area (Å²) in [6.07, 6.45) is 7.96. The Kier molecular flexibility index (Phi) is 4.17. The number of thiophene rings is 1. The van der Waals surface area contributed by atoms with Gasteiger partial charge in [0.1, 0.15) is 12.2 Å². The SMILES string of the molecule is CC(NCCc1nncn1C)c1cc2c(s1)CCCC2. The molecule has 1 atom stereocenters. The van der Waals surface area contributed by atoms with E-state index in [4.69, 9.17) is 0 Å². The van der Waals surface area contributed by atoms with E-state index < -0.39 is 0 Å². The second-order valence-electron chi connectivity index (χ2n) is 5.59. The Balaban J connectivity index is 1.55. The summed E-state index contributed by atoms with van der Waals surface area (Å²) in [4.78, 5) is 3.10. The fourth-order valence-corrected chi connectivity index (χ4v) is 4.05. The van der Waals surface area contributed by atoms with Crippen LogP contribution in [0.5, 0.6) is 0 Å². The van der Waals surface area contributed by atoms with Gasteiger partial charge in [-0.1, -0.05) is 0 Å². The quantitative estimate of drug-likeness (QED) is 0.920. The lowest BCUT2D eigenvalue weighted by Crippen LogP contribution is -2.21. The van der Waals surface area contributed by atoms with Crippen molar-refractivity contribution in [3.8, 4) is 0 Å². The minimum Gasteiger partial charge on any atom is -0.321 e. The van der Waals surface area contributed by atoms with Crippen LogP contribution in [0.15, 0.2) is 12.4 Å². The minimum absolute atomic E-state index is 0.429. The summed E-state index contributed by atoms with van der Waals surface area (Å²) < 4.78 is 1.98. The summed E-state index contributed by atoms with van der Waals surface area (Å²) in [6, 6.07) is 2.85. The third kappa shape index (κ3) is 2.94. The van der Waals surface area contributed by atoms with Gasteiger partial charge in [-0.2, -0.15) is 0 Å². The van der Waals surface area contributed by atoms with Crippen LogP contribution in [0.3, 0.4) is 0 Å². The highest BCUT2D eigenvalue weighted by Crippen LogP contribution is 2.32. The maximum atomic E-state index is 4.11. The van der Waals surface area contributed by atoms with Crippen LogP contribution in [-0.4, -0.2) is 21.3 Å². The van der Waals surface area contributed by atoms with Gasteiger partial charge in [0.05, 0.1) is 0 Å². The fraction of sp³-hybridized carbons (Fsp3) is 0.600. The smallest absolute Gasteiger partial charge is 0.133 e. The number of hydrogen-bond acceptors (Lipinski definition) is 4. The van der Waals surface area contributed by atoms with Gasteiger partial charge in [-0.3, -0.25) is 0 Å². The Morgan fingerprint density at radius 3 is 3.00 bits per heavy atom. The van der Waals surface area contributed by atoms with Gasteiger partial charge in [-0.05, 0) is 44.2 Å². The van der Waals surface area contributed by atoms with Crippen molar-refractivity contribution >= 4 is 11.3 Å². The number of fused-ring (bicyclic) bond motifs is 1. The average molecular weight is 290 g/mol. The second-order valence-corrected chi connectivity index (χ2v) is 6.76. The molecule has 0 spiro atoms. The summed E-state index contributed by atoms with van der Waals surface area (Å²) in [6.45, 7) is 3.20. The molecule has 0 amide bonds. The zero-order valence-electron chi connectivity index (χ0n) is 12.2. The first-order chi connectivity index (χ1) is 9.74. The van der Waals surface area contributed by atoms with Crippen LogP contribution in [0.1, 0.15) is 46.9 Å². The molecule has 0 saturated heterocycles. The van der Waals surface area contributed by atoms with Crippen LogP contribution < -0.4 is 5.32 Å². The van der Waals surface area contributed by atoms with E-state index in [0.29, 0.717) is 6.04 Å². The van der Waals surface area contributed by atoms with E-state index in [1.54, 1.807) is 16.8 Å². The molecule has 1 aliphatic rings. The average Bonchev–Trinajstić information content (AvgIpc) is 3.05. The number of rotatable bonds is 5. The summed E-state index contributed by atoms with van der Waals surface area (Å²) >= 11 is 2.00. The van der Waals surface area contributed by atoms with E-state index in [2.05, 4.69) is 28.5 Å². The standard InChI is InChI=1S/C15H22N4S/c1-11(16-8-7-15-18-17-10-19(15)2)14-9-12-5-3-4-6-13(12)20-14/h9-11,16H,3-8H2,1-2H3. The summed E-state index contributed by atoms with van der Waals surface area (Å²) in [5.74, 6) is 1.04. The summed E-state index contributed by atoms with van der Waals surface area (Å²) in [7, 11) is 1.99. The fourth-order valence-electron chi connectivity index (χ4n) is 2.76. The molecule has 108 valence electrons. The molecule has 2 heterocycles. The van der Waals surface area contributed by atoms with Crippen LogP contribution in [0.2, 0.25) is 0 Å². The normalized spacial score (nSPS) is 16.1. The Labute approximate surface area is 124 Å². The van der Waals surface area contributed by atoms with E-state index in [0.717, 1.165) is 18.8 Å². The molecule has 0 radical (unpaired) electrons. The number of hydrogen-bond donors (Lipinski definition) is 1. The van der Waals surface area contributed by atoms with Crippen molar-refractivity contribution in [2.24, 2.45) is 7.05 Å². The minimum atomic E-state index is 0.429. The Morgan fingerprint density at radius 1 is 1.40 bits per heavy atom. The van der Waals surface area contributed by atoms with Crippen molar-refractivity contribution in [3.63, 3.8) is 0 Å². The lowest BCUT2D eigenvalue weighted by Gasteiger charge is -2.11. The molecule has 0 saturated carbocycles. The molecular formula is C15H22N4S. The van der Waals surface area contributed by atoms with Crippen molar-refractivity contribution in [2.75, 3.05) is 6.54 Å². The van der Waals surface area contributed by atoms with Gasteiger partial charge in [0.25, 0.3) is 0 Å².